The van der Waals surface area contributed by atoms with Crippen LogP contribution in [0.25, 0.3) is 0 Å². The maximum Gasteiger partial charge on any atom is 0.180 e. The number of thiazole rings is 1. The summed E-state index contributed by atoms with van der Waals surface area (Å²) in [6.45, 7) is 6.82. The summed E-state index contributed by atoms with van der Waals surface area (Å²) in [5.74, 6) is 0. The zero-order valence-electron chi connectivity index (χ0n) is 11.1. The average Bonchev–Trinajstić information content (AvgIpc) is 2.86. The number of hydrogen-bond donors (Lipinski definition) is 1. The fourth-order valence-electron chi connectivity index (χ4n) is 1.88. The van der Waals surface area contributed by atoms with Gasteiger partial charge in [-0.3, -0.25) is 9.58 Å². The Morgan fingerprint density at radius 2 is 2.22 bits per heavy atom. The smallest absolute Gasteiger partial charge is 0.180 e. The van der Waals surface area contributed by atoms with Crippen LogP contribution in [0.5, 0.6) is 0 Å². The Morgan fingerprint density at radius 1 is 1.44 bits per heavy atom. The molecule has 2 rings (SSSR count). The molecule has 2 aromatic rings. The highest BCUT2D eigenvalue weighted by molar-refractivity contribution is 7.15. The van der Waals surface area contributed by atoms with E-state index < -0.39 is 0 Å². The Labute approximate surface area is 111 Å². The van der Waals surface area contributed by atoms with Crippen molar-refractivity contribution in [2.24, 2.45) is 0 Å². The van der Waals surface area contributed by atoms with Crippen molar-refractivity contribution in [2.45, 2.75) is 33.5 Å². The molecular weight excluding hydrogens is 246 g/mol. The average molecular weight is 265 g/mol. The maximum atomic E-state index is 5.63. The number of hydrogen-bond acceptors (Lipinski definition) is 5. The first-order chi connectivity index (χ1) is 8.58. The minimum atomic E-state index is 0.633. The zero-order valence-corrected chi connectivity index (χ0v) is 11.9. The van der Waals surface area contributed by atoms with E-state index in [2.05, 4.69) is 42.1 Å². The molecule has 0 spiro atoms. The lowest BCUT2D eigenvalue weighted by Gasteiger charge is -2.14. The Bertz CT molecular complexity index is 516. The summed E-state index contributed by atoms with van der Waals surface area (Å²) in [5, 5.41) is 5.09. The summed E-state index contributed by atoms with van der Waals surface area (Å²) < 4.78 is 1.98. The third-order valence-corrected chi connectivity index (χ3v) is 3.62. The Balaban J connectivity index is 1.98. The van der Waals surface area contributed by atoms with Gasteiger partial charge in [0.1, 0.15) is 0 Å². The molecule has 0 bridgehead atoms. The zero-order chi connectivity index (χ0) is 13.1. The molecule has 98 valence electrons. The third-order valence-electron chi connectivity index (χ3n) is 2.81. The molecule has 2 aromatic heterocycles. The van der Waals surface area contributed by atoms with Crippen LogP contribution in [0.15, 0.2) is 12.4 Å². The summed E-state index contributed by atoms with van der Waals surface area (Å²) in [6, 6.07) is 0. The van der Waals surface area contributed by atoms with Gasteiger partial charge in [0, 0.05) is 42.5 Å². The van der Waals surface area contributed by atoms with Crippen LogP contribution in [0.4, 0.5) is 5.13 Å². The topological polar surface area (TPSA) is 60.0 Å². The second-order valence-electron chi connectivity index (χ2n) is 4.43. The maximum absolute atomic E-state index is 5.63. The number of nitrogen functional groups attached to an aromatic ring is 1. The fraction of sp³-hybridized carbons (Fsp3) is 0.500. The number of aromatic nitrogens is 3. The molecule has 2 heterocycles. The molecular formula is C12H19N5S. The molecule has 2 N–H and O–H groups in total. The molecule has 0 saturated carbocycles. The number of nitrogens with two attached hydrogens (primary N) is 1. The van der Waals surface area contributed by atoms with Crippen LogP contribution in [-0.4, -0.2) is 26.7 Å². The van der Waals surface area contributed by atoms with E-state index in [1.807, 2.05) is 10.9 Å². The van der Waals surface area contributed by atoms with E-state index in [-0.39, 0.29) is 0 Å². The van der Waals surface area contributed by atoms with E-state index in [4.69, 9.17) is 5.73 Å². The van der Waals surface area contributed by atoms with E-state index in [0.29, 0.717) is 5.13 Å². The summed E-state index contributed by atoms with van der Waals surface area (Å²) in [6.07, 6.45) is 3.96. The van der Waals surface area contributed by atoms with E-state index in [9.17, 15) is 0 Å². The first-order valence-corrected chi connectivity index (χ1v) is 6.81. The van der Waals surface area contributed by atoms with Crippen molar-refractivity contribution in [3.05, 3.63) is 28.5 Å². The molecule has 0 atom stereocenters. The van der Waals surface area contributed by atoms with Crippen molar-refractivity contribution in [3.8, 4) is 0 Å². The van der Waals surface area contributed by atoms with Crippen molar-refractivity contribution in [1.29, 1.82) is 0 Å². The molecule has 0 radical (unpaired) electrons. The number of nitrogens with zero attached hydrogens (tertiary/aromatic N) is 4. The van der Waals surface area contributed by atoms with Crippen molar-refractivity contribution in [1.82, 2.24) is 19.7 Å². The van der Waals surface area contributed by atoms with Gasteiger partial charge >= 0.3 is 0 Å². The van der Waals surface area contributed by atoms with Crippen LogP contribution in [-0.2, 0) is 19.6 Å². The minimum Gasteiger partial charge on any atom is -0.375 e. The molecule has 0 aliphatic rings. The quantitative estimate of drug-likeness (QED) is 0.896. The summed E-state index contributed by atoms with van der Waals surface area (Å²) >= 11 is 1.54. The van der Waals surface area contributed by atoms with Crippen molar-refractivity contribution < 1.29 is 0 Å². The lowest BCUT2D eigenvalue weighted by molar-refractivity contribution is 0.321. The van der Waals surface area contributed by atoms with E-state index in [1.54, 1.807) is 11.3 Å². The molecule has 18 heavy (non-hydrogen) atoms. The predicted molar refractivity (Wildman–Crippen MR) is 74.3 cm³/mol. The van der Waals surface area contributed by atoms with Crippen LogP contribution in [0, 0.1) is 6.92 Å². The van der Waals surface area contributed by atoms with Crippen LogP contribution in [0.2, 0.25) is 0 Å². The second kappa shape index (κ2) is 5.49. The molecule has 6 heteroatoms. The Kier molecular flexibility index (Phi) is 3.98. The molecule has 0 aliphatic carbocycles. The van der Waals surface area contributed by atoms with Gasteiger partial charge in [0.2, 0.25) is 0 Å². The third kappa shape index (κ3) is 3.08. The van der Waals surface area contributed by atoms with Gasteiger partial charge in [0.25, 0.3) is 0 Å². The molecule has 0 aromatic carbocycles. The number of rotatable bonds is 5. The van der Waals surface area contributed by atoms with Gasteiger partial charge in [-0.15, -0.1) is 11.3 Å². The normalized spacial score (nSPS) is 11.3. The van der Waals surface area contributed by atoms with Gasteiger partial charge in [0.05, 0.1) is 5.69 Å². The van der Waals surface area contributed by atoms with E-state index in [1.165, 1.54) is 10.4 Å². The highest BCUT2D eigenvalue weighted by Gasteiger charge is 2.09. The van der Waals surface area contributed by atoms with Gasteiger partial charge in [0.15, 0.2) is 5.13 Å². The summed E-state index contributed by atoms with van der Waals surface area (Å²) in [4.78, 5) is 7.50. The predicted octanol–water partition coefficient (Wildman–Crippen LogP) is 1.88. The van der Waals surface area contributed by atoms with Gasteiger partial charge < -0.3 is 5.73 Å². The lowest BCUT2D eigenvalue weighted by Crippen LogP contribution is -2.16. The van der Waals surface area contributed by atoms with Crippen LogP contribution < -0.4 is 5.73 Å². The molecule has 0 aliphatic heterocycles. The molecule has 0 unspecified atom stereocenters. The SMILES string of the molecule is CCn1cc(CN(C)Cc2cnc(N)s2)c(C)n1. The fourth-order valence-corrected chi connectivity index (χ4v) is 2.65. The molecule has 5 nitrogen and oxygen atoms in total. The Morgan fingerprint density at radius 3 is 2.78 bits per heavy atom. The van der Waals surface area contributed by atoms with Crippen LogP contribution >= 0.6 is 11.3 Å². The molecule has 0 fully saturated rings. The van der Waals surface area contributed by atoms with Gasteiger partial charge in [-0.25, -0.2) is 4.98 Å². The Hall–Kier alpha value is -1.40. The van der Waals surface area contributed by atoms with E-state index in [0.717, 1.165) is 25.3 Å². The number of anilines is 1. The van der Waals surface area contributed by atoms with Crippen molar-refractivity contribution in [3.63, 3.8) is 0 Å². The van der Waals surface area contributed by atoms with E-state index >= 15 is 0 Å². The van der Waals surface area contributed by atoms with Crippen molar-refractivity contribution in [2.75, 3.05) is 12.8 Å². The monoisotopic (exact) mass is 265 g/mol. The first kappa shape index (κ1) is 13.0. The van der Waals surface area contributed by atoms with Crippen LogP contribution in [0.3, 0.4) is 0 Å². The largest absolute Gasteiger partial charge is 0.375 e. The summed E-state index contributed by atoms with van der Waals surface area (Å²) in [7, 11) is 2.10. The van der Waals surface area contributed by atoms with Gasteiger partial charge in [-0.05, 0) is 20.9 Å². The highest BCUT2D eigenvalue weighted by atomic mass is 32.1. The van der Waals surface area contributed by atoms with Gasteiger partial charge in [-0.1, -0.05) is 0 Å². The minimum absolute atomic E-state index is 0.633. The van der Waals surface area contributed by atoms with Crippen molar-refractivity contribution >= 4 is 16.5 Å². The van der Waals surface area contributed by atoms with Crippen LogP contribution in [0.1, 0.15) is 23.1 Å². The molecule has 0 amide bonds. The number of aryl methyl sites for hydroxylation is 2. The summed E-state index contributed by atoms with van der Waals surface area (Å²) in [5.41, 5.74) is 8.01. The lowest BCUT2D eigenvalue weighted by atomic mass is 10.2. The molecule has 0 saturated heterocycles. The standard InChI is InChI=1S/C12H19N5S/c1-4-17-7-10(9(2)15-17)6-16(3)8-11-5-14-12(13)18-11/h5,7H,4,6,8H2,1-3H3,(H2,13,14). The first-order valence-electron chi connectivity index (χ1n) is 6.00. The van der Waals surface area contributed by atoms with Gasteiger partial charge in [-0.2, -0.15) is 5.10 Å². The highest BCUT2D eigenvalue weighted by Crippen LogP contribution is 2.17. The second-order valence-corrected chi connectivity index (χ2v) is 5.58.